The van der Waals surface area contributed by atoms with Gasteiger partial charge in [-0.25, -0.2) is 0 Å². The van der Waals surface area contributed by atoms with Gasteiger partial charge in [-0.1, -0.05) is 0 Å². The Labute approximate surface area is 166 Å². The van der Waals surface area contributed by atoms with Gasteiger partial charge in [-0.15, -0.1) is 0 Å². The standard InChI is InChI=1S/C17H9N.6CH3.2Sn/c18-12-17-15-10-6-2-5-9-14(15)11-16(17)13-7-3-1-4-8-13;;;;;;;;/h2-5,7-11H;6*1H3;;. The molecule has 0 saturated carbocycles. The molecule has 0 radical (unpaired) electrons. The zero-order valence-corrected chi connectivity index (χ0v) is 22.4. The van der Waals surface area contributed by atoms with Crippen LogP contribution in [0.2, 0.25) is 29.6 Å². The first kappa shape index (κ1) is 19.8. The third kappa shape index (κ3) is 3.97. The van der Waals surface area contributed by atoms with Crippen molar-refractivity contribution in [1.82, 2.24) is 0 Å². The number of hydrogen-bond donors (Lipinski definition) is 0. The molecule has 3 heteroatoms. The third-order valence-corrected chi connectivity index (χ3v) is 16.8. The van der Waals surface area contributed by atoms with Crippen molar-refractivity contribution < 1.29 is 0 Å². The SMILES string of the molecule is [CH3][Sn]([CH3])([CH3])[c]1ccc(-c2cc3ccc[c]([Sn]([CH3])([CH3])[CH3])cc-3c2C#N)cc1. The van der Waals surface area contributed by atoms with E-state index in [2.05, 4.69) is 90.3 Å². The summed E-state index contributed by atoms with van der Waals surface area (Å²) < 4.78 is 2.98. The van der Waals surface area contributed by atoms with E-state index in [-0.39, 0.29) is 0 Å². The van der Waals surface area contributed by atoms with Crippen LogP contribution in [0, 0.1) is 11.3 Å². The zero-order valence-electron chi connectivity index (χ0n) is 16.6. The average Bonchev–Trinajstić information content (AvgIpc) is 2.75. The summed E-state index contributed by atoms with van der Waals surface area (Å²) in [6.45, 7) is 0. The maximum atomic E-state index is 9.90. The van der Waals surface area contributed by atoms with E-state index >= 15 is 0 Å². The van der Waals surface area contributed by atoms with E-state index in [0.717, 1.165) is 27.8 Å². The van der Waals surface area contributed by atoms with Gasteiger partial charge in [0, 0.05) is 0 Å². The first-order chi connectivity index (χ1) is 12.1. The van der Waals surface area contributed by atoms with Crippen molar-refractivity contribution in [3.8, 4) is 28.3 Å². The van der Waals surface area contributed by atoms with Crippen LogP contribution in [0.5, 0.6) is 0 Å². The van der Waals surface area contributed by atoms with Gasteiger partial charge >= 0.3 is 167 Å². The quantitative estimate of drug-likeness (QED) is 0.397. The summed E-state index contributed by atoms with van der Waals surface area (Å²) in [5, 5.41) is 9.90. The molecule has 0 aliphatic heterocycles. The fraction of sp³-hybridized carbons (Fsp3) is 0.261. The Hall–Kier alpha value is -0.993. The van der Waals surface area contributed by atoms with Crippen molar-refractivity contribution in [2.24, 2.45) is 0 Å². The molecule has 2 aliphatic rings. The van der Waals surface area contributed by atoms with E-state index in [0.29, 0.717) is 0 Å². The summed E-state index contributed by atoms with van der Waals surface area (Å²) >= 11 is -4.25. The van der Waals surface area contributed by atoms with Crippen molar-refractivity contribution in [2.75, 3.05) is 0 Å². The first-order valence-electron chi connectivity index (χ1n) is 9.19. The second kappa shape index (κ2) is 7.20. The molecular formula is C23H27NSn2. The van der Waals surface area contributed by atoms with E-state index in [1.165, 1.54) is 7.16 Å². The molecule has 3 rings (SSSR count). The molecule has 0 atom stereocenters. The predicted octanol–water partition coefficient (Wildman–Crippen LogP) is 5.42. The fourth-order valence-corrected chi connectivity index (χ4v) is 9.99. The van der Waals surface area contributed by atoms with Crippen molar-refractivity contribution in [2.45, 2.75) is 29.6 Å². The van der Waals surface area contributed by atoms with Gasteiger partial charge in [0.1, 0.15) is 0 Å². The molecule has 0 N–H and O–H groups in total. The molecule has 0 spiro atoms. The number of fused-ring (bicyclic) bond motifs is 1. The summed E-state index contributed by atoms with van der Waals surface area (Å²) in [6, 6.07) is 22.5. The van der Waals surface area contributed by atoms with Gasteiger partial charge in [0.2, 0.25) is 0 Å². The number of benzene rings is 1. The van der Waals surface area contributed by atoms with Crippen molar-refractivity contribution in [3.05, 3.63) is 60.2 Å². The van der Waals surface area contributed by atoms with Gasteiger partial charge in [-0.05, 0) is 0 Å². The van der Waals surface area contributed by atoms with Crippen LogP contribution in [0.4, 0.5) is 0 Å². The van der Waals surface area contributed by atoms with Crippen molar-refractivity contribution in [3.63, 3.8) is 0 Å². The Balaban J connectivity index is 2.19. The van der Waals surface area contributed by atoms with Crippen LogP contribution in [0.15, 0.2) is 54.6 Å². The number of rotatable bonds is 3. The average molecular weight is 555 g/mol. The van der Waals surface area contributed by atoms with Crippen LogP contribution >= 0.6 is 0 Å². The second-order valence-electron chi connectivity index (χ2n) is 9.12. The molecule has 1 aromatic carbocycles. The van der Waals surface area contributed by atoms with Crippen molar-refractivity contribution in [1.29, 1.82) is 5.26 Å². The Bertz CT molecular complexity index is 952. The summed E-state index contributed by atoms with van der Waals surface area (Å²) in [5.41, 5.74) is 5.31. The first-order valence-corrected chi connectivity index (χ1v) is 29.2. The molecule has 0 saturated heterocycles. The Morgan fingerprint density at radius 2 is 1.23 bits per heavy atom. The molecule has 0 unspecified atom stereocenters. The van der Waals surface area contributed by atoms with E-state index in [1.54, 1.807) is 0 Å². The van der Waals surface area contributed by atoms with Crippen LogP contribution in [0.1, 0.15) is 5.56 Å². The van der Waals surface area contributed by atoms with Crippen molar-refractivity contribution >= 4 is 43.9 Å². The normalized spacial score (nSPS) is 12.2. The van der Waals surface area contributed by atoms with Gasteiger partial charge in [-0.3, -0.25) is 0 Å². The maximum absolute atomic E-state index is 9.90. The summed E-state index contributed by atoms with van der Waals surface area (Å²) in [5.74, 6) is 0. The Kier molecular flexibility index (Phi) is 5.47. The van der Waals surface area contributed by atoms with Gasteiger partial charge in [0.05, 0.1) is 0 Å². The fourth-order valence-electron chi connectivity index (χ4n) is 3.31. The zero-order chi connectivity index (χ0) is 19.1. The van der Waals surface area contributed by atoms with Crippen LogP contribution in [-0.2, 0) is 0 Å². The molecule has 0 bridgehead atoms. The van der Waals surface area contributed by atoms with E-state index in [9.17, 15) is 5.26 Å². The molecule has 1 aromatic rings. The van der Waals surface area contributed by atoms with Crippen LogP contribution < -0.4 is 7.16 Å². The Morgan fingerprint density at radius 1 is 0.654 bits per heavy atom. The van der Waals surface area contributed by atoms with E-state index in [4.69, 9.17) is 0 Å². The number of hydrogen-bond acceptors (Lipinski definition) is 1. The molecule has 0 aromatic heterocycles. The third-order valence-electron chi connectivity index (χ3n) is 5.04. The van der Waals surface area contributed by atoms with Crippen LogP contribution in [-0.4, -0.2) is 36.8 Å². The molecule has 26 heavy (non-hydrogen) atoms. The predicted molar refractivity (Wildman–Crippen MR) is 119 cm³/mol. The minimum atomic E-state index is -2.20. The second-order valence-corrected chi connectivity index (χ2v) is 38.1. The van der Waals surface area contributed by atoms with Gasteiger partial charge in [0.25, 0.3) is 0 Å². The van der Waals surface area contributed by atoms with Gasteiger partial charge < -0.3 is 0 Å². The van der Waals surface area contributed by atoms with E-state index < -0.39 is 36.8 Å². The molecule has 132 valence electrons. The van der Waals surface area contributed by atoms with Crippen LogP contribution in [0.25, 0.3) is 22.3 Å². The molecule has 0 fully saturated rings. The molecule has 0 amide bonds. The van der Waals surface area contributed by atoms with Gasteiger partial charge in [-0.2, -0.15) is 0 Å². The molecule has 0 heterocycles. The summed E-state index contributed by atoms with van der Waals surface area (Å²) in [4.78, 5) is 14.6. The molecule has 1 nitrogen and oxygen atoms in total. The topological polar surface area (TPSA) is 23.8 Å². The minimum absolute atomic E-state index is 0.819. The Morgan fingerprint density at radius 3 is 1.77 bits per heavy atom. The molecular weight excluding hydrogens is 528 g/mol. The van der Waals surface area contributed by atoms with Gasteiger partial charge in [0.15, 0.2) is 0 Å². The van der Waals surface area contributed by atoms with Crippen LogP contribution in [0.3, 0.4) is 0 Å². The monoisotopic (exact) mass is 557 g/mol. The number of nitrogens with zero attached hydrogens (tertiary/aromatic N) is 1. The summed E-state index contributed by atoms with van der Waals surface area (Å²) in [6.07, 6.45) is 0. The number of nitriles is 1. The summed E-state index contributed by atoms with van der Waals surface area (Å²) in [7, 11) is 0. The van der Waals surface area contributed by atoms with E-state index in [1.807, 2.05) is 0 Å². The molecule has 2 aliphatic carbocycles.